The molecule has 0 spiro atoms. The van der Waals surface area contributed by atoms with Crippen LogP contribution in [0.25, 0.3) is 0 Å². The quantitative estimate of drug-likeness (QED) is 0.884. The Morgan fingerprint density at radius 2 is 2.23 bits per heavy atom. The van der Waals surface area contributed by atoms with Gasteiger partial charge in [0.25, 0.3) is 0 Å². The van der Waals surface area contributed by atoms with E-state index in [1.807, 2.05) is 19.9 Å². The van der Waals surface area contributed by atoms with E-state index in [-0.39, 0.29) is 0 Å². The molecule has 4 heteroatoms. The first-order valence-electron chi connectivity index (χ1n) is 3.97. The molecule has 0 aliphatic rings. The van der Waals surface area contributed by atoms with Crippen LogP contribution in [-0.4, -0.2) is 16.5 Å². The van der Waals surface area contributed by atoms with E-state index in [0.29, 0.717) is 6.54 Å². The molecule has 1 heterocycles. The van der Waals surface area contributed by atoms with Crippen LogP contribution in [0.4, 0.5) is 5.82 Å². The highest BCUT2D eigenvalue weighted by Gasteiger charge is 1.97. The molecule has 70 valence electrons. The molecular weight excluding hydrogens is 230 g/mol. The van der Waals surface area contributed by atoms with Crippen molar-refractivity contribution in [1.29, 1.82) is 0 Å². The molecule has 0 unspecified atom stereocenters. The topological polar surface area (TPSA) is 37.8 Å². The first-order chi connectivity index (χ1) is 6.08. The summed E-state index contributed by atoms with van der Waals surface area (Å²) in [7, 11) is 0. The number of aromatic nitrogens is 2. The fourth-order valence-corrected chi connectivity index (χ4v) is 1.13. The van der Waals surface area contributed by atoms with Crippen LogP contribution in [0.1, 0.15) is 11.5 Å². The van der Waals surface area contributed by atoms with Crippen LogP contribution in [0.5, 0.6) is 0 Å². The van der Waals surface area contributed by atoms with Gasteiger partial charge in [0.2, 0.25) is 0 Å². The monoisotopic (exact) mass is 241 g/mol. The lowest BCUT2D eigenvalue weighted by atomic mass is 10.4. The summed E-state index contributed by atoms with van der Waals surface area (Å²) in [6.07, 6.45) is 0. The van der Waals surface area contributed by atoms with Crippen molar-refractivity contribution in [3.63, 3.8) is 0 Å². The molecule has 3 nitrogen and oxygen atoms in total. The van der Waals surface area contributed by atoms with E-state index in [1.165, 1.54) is 0 Å². The van der Waals surface area contributed by atoms with Crippen molar-refractivity contribution >= 4 is 21.7 Å². The number of hydrogen-bond donors (Lipinski definition) is 1. The van der Waals surface area contributed by atoms with Crippen molar-refractivity contribution in [3.05, 3.63) is 28.6 Å². The molecule has 0 radical (unpaired) electrons. The zero-order valence-electron chi connectivity index (χ0n) is 7.76. The second kappa shape index (κ2) is 4.37. The van der Waals surface area contributed by atoms with E-state index in [9.17, 15) is 0 Å². The fraction of sp³-hybridized carbons (Fsp3) is 0.333. The summed E-state index contributed by atoms with van der Waals surface area (Å²) < 4.78 is 0.904. The molecule has 0 aliphatic heterocycles. The minimum Gasteiger partial charge on any atom is -0.365 e. The second-order valence-corrected chi connectivity index (χ2v) is 3.93. The highest BCUT2D eigenvalue weighted by Crippen LogP contribution is 2.07. The Morgan fingerprint density at radius 1 is 1.54 bits per heavy atom. The van der Waals surface area contributed by atoms with Crippen molar-refractivity contribution in [2.45, 2.75) is 13.8 Å². The highest BCUT2D eigenvalue weighted by atomic mass is 79.9. The second-order valence-electron chi connectivity index (χ2n) is 2.81. The van der Waals surface area contributed by atoms with Gasteiger partial charge in [-0.1, -0.05) is 22.5 Å². The van der Waals surface area contributed by atoms with Gasteiger partial charge < -0.3 is 5.32 Å². The Balaban J connectivity index is 2.71. The summed E-state index contributed by atoms with van der Waals surface area (Å²) in [5.41, 5.74) is 0.968. The average molecular weight is 242 g/mol. The summed E-state index contributed by atoms with van der Waals surface area (Å²) in [5.74, 6) is 1.62. The van der Waals surface area contributed by atoms with E-state index >= 15 is 0 Å². The number of rotatable bonds is 3. The Kier molecular flexibility index (Phi) is 3.42. The van der Waals surface area contributed by atoms with Crippen molar-refractivity contribution < 1.29 is 0 Å². The molecule has 1 rings (SSSR count). The molecule has 0 bridgehead atoms. The van der Waals surface area contributed by atoms with Crippen LogP contribution < -0.4 is 5.32 Å². The van der Waals surface area contributed by atoms with Crippen LogP contribution in [0, 0.1) is 13.8 Å². The van der Waals surface area contributed by atoms with Gasteiger partial charge >= 0.3 is 0 Å². The molecule has 0 saturated carbocycles. The number of nitrogens with one attached hydrogen (secondary N) is 1. The summed E-state index contributed by atoms with van der Waals surface area (Å²) in [5, 5.41) is 3.13. The van der Waals surface area contributed by atoms with Gasteiger partial charge in [-0.15, -0.1) is 0 Å². The molecule has 1 aromatic rings. The van der Waals surface area contributed by atoms with Gasteiger partial charge in [-0.25, -0.2) is 9.97 Å². The van der Waals surface area contributed by atoms with E-state index in [1.54, 1.807) is 0 Å². The first-order valence-corrected chi connectivity index (χ1v) is 4.76. The number of anilines is 1. The minimum absolute atomic E-state index is 0.676. The van der Waals surface area contributed by atoms with Crippen LogP contribution >= 0.6 is 15.9 Å². The molecule has 0 aliphatic carbocycles. The molecule has 13 heavy (non-hydrogen) atoms. The van der Waals surface area contributed by atoms with Gasteiger partial charge in [-0.3, -0.25) is 0 Å². The smallest absolute Gasteiger partial charge is 0.130 e. The zero-order chi connectivity index (χ0) is 9.84. The number of hydrogen-bond acceptors (Lipinski definition) is 3. The average Bonchev–Trinajstić information content (AvgIpc) is 1.99. The first kappa shape index (κ1) is 10.2. The highest BCUT2D eigenvalue weighted by molar-refractivity contribution is 9.11. The molecule has 1 aromatic heterocycles. The van der Waals surface area contributed by atoms with Crippen molar-refractivity contribution in [2.75, 3.05) is 11.9 Å². The molecule has 0 amide bonds. The maximum absolute atomic E-state index is 4.22. The molecule has 0 aromatic carbocycles. The predicted molar refractivity (Wildman–Crippen MR) is 58.1 cm³/mol. The van der Waals surface area contributed by atoms with Crippen LogP contribution in [0.3, 0.4) is 0 Å². The zero-order valence-corrected chi connectivity index (χ0v) is 9.35. The van der Waals surface area contributed by atoms with Crippen molar-refractivity contribution in [1.82, 2.24) is 9.97 Å². The largest absolute Gasteiger partial charge is 0.365 e. The van der Waals surface area contributed by atoms with Crippen molar-refractivity contribution in [2.24, 2.45) is 0 Å². The third-order valence-corrected chi connectivity index (χ3v) is 1.71. The number of nitrogens with zero attached hydrogens (tertiary/aromatic N) is 2. The Hall–Kier alpha value is -0.900. The fourth-order valence-electron chi connectivity index (χ4n) is 0.994. The molecule has 0 saturated heterocycles. The van der Waals surface area contributed by atoms with E-state index < -0.39 is 0 Å². The molecule has 0 fully saturated rings. The third kappa shape index (κ3) is 3.55. The SMILES string of the molecule is C=C(Br)CNc1cc(C)nc(C)n1. The van der Waals surface area contributed by atoms with Gasteiger partial charge in [-0.05, 0) is 13.8 Å². The van der Waals surface area contributed by atoms with Crippen LogP contribution in [0.15, 0.2) is 17.1 Å². The minimum atomic E-state index is 0.676. The molecule has 0 atom stereocenters. The number of halogens is 1. The summed E-state index contributed by atoms with van der Waals surface area (Å²) >= 11 is 3.27. The third-order valence-electron chi connectivity index (χ3n) is 1.43. The van der Waals surface area contributed by atoms with Gasteiger partial charge in [0, 0.05) is 22.8 Å². The Morgan fingerprint density at radius 3 is 2.77 bits per heavy atom. The van der Waals surface area contributed by atoms with E-state index in [2.05, 4.69) is 37.8 Å². The lowest BCUT2D eigenvalue weighted by Gasteiger charge is -2.05. The van der Waals surface area contributed by atoms with E-state index in [4.69, 9.17) is 0 Å². The van der Waals surface area contributed by atoms with E-state index in [0.717, 1.165) is 21.8 Å². The lowest BCUT2D eigenvalue weighted by Crippen LogP contribution is -2.04. The van der Waals surface area contributed by atoms with Crippen molar-refractivity contribution in [3.8, 4) is 0 Å². The lowest BCUT2D eigenvalue weighted by molar-refractivity contribution is 1.01. The van der Waals surface area contributed by atoms with Crippen LogP contribution in [-0.2, 0) is 0 Å². The van der Waals surface area contributed by atoms with Gasteiger partial charge in [0.15, 0.2) is 0 Å². The van der Waals surface area contributed by atoms with Crippen LogP contribution in [0.2, 0.25) is 0 Å². The predicted octanol–water partition coefficient (Wildman–Crippen LogP) is 2.41. The Bertz CT molecular complexity index is 302. The summed E-state index contributed by atoms with van der Waals surface area (Å²) in [4.78, 5) is 8.40. The standard InChI is InChI=1S/C9H12BrN3/c1-6(10)5-11-9-4-7(2)12-8(3)13-9/h4H,1,5H2,2-3H3,(H,11,12,13). The van der Waals surface area contributed by atoms with Gasteiger partial charge in [0.05, 0.1) is 0 Å². The molecular formula is C9H12BrN3. The maximum Gasteiger partial charge on any atom is 0.130 e. The summed E-state index contributed by atoms with van der Waals surface area (Å²) in [6, 6.07) is 1.91. The Labute approximate surface area is 86.4 Å². The number of aryl methyl sites for hydroxylation is 2. The normalized spacial score (nSPS) is 9.77. The molecule has 1 N–H and O–H groups in total. The maximum atomic E-state index is 4.22. The summed E-state index contributed by atoms with van der Waals surface area (Å²) in [6.45, 7) is 8.23. The van der Waals surface area contributed by atoms with Gasteiger partial charge in [0.1, 0.15) is 11.6 Å². The van der Waals surface area contributed by atoms with Gasteiger partial charge in [-0.2, -0.15) is 0 Å².